The topological polar surface area (TPSA) is 52.1 Å². The molecule has 28 heavy (non-hydrogen) atoms. The molecule has 2 aromatic carbocycles. The highest BCUT2D eigenvalue weighted by molar-refractivity contribution is 6.32. The number of halogens is 2. The number of nitrogens with zero attached hydrogens (tertiary/aromatic N) is 2. The van der Waals surface area contributed by atoms with Crippen molar-refractivity contribution in [1.29, 1.82) is 0 Å². The van der Waals surface area contributed by atoms with Crippen LogP contribution in [0.15, 0.2) is 54.6 Å². The number of hydrogen-bond donors (Lipinski definition) is 0. The van der Waals surface area contributed by atoms with Gasteiger partial charge in [-0.05, 0) is 49.2 Å². The number of ketones is 1. The Morgan fingerprint density at radius 2 is 2.04 bits per heavy atom. The van der Waals surface area contributed by atoms with Crippen LogP contribution < -0.4 is 4.74 Å². The first-order valence-electron chi connectivity index (χ1n) is 8.95. The molecule has 0 aliphatic heterocycles. The van der Waals surface area contributed by atoms with Crippen LogP contribution in [0.1, 0.15) is 35.0 Å². The molecule has 3 aromatic rings. The number of fused-ring (bicyclic) bond motifs is 1. The van der Waals surface area contributed by atoms with Gasteiger partial charge in [-0.2, -0.15) is 0 Å². The minimum absolute atomic E-state index is 0.104. The Kier molecular flexibility index (Phi) is 6.37. The van der Waals surface area contributed by atoms with E-state index >= 15 is 0 Å². The predicted molar refractivity (Wildman–Crippen MR) is 109 cm³/mol. The molecule has 0 saturated heterocycles. The van der Waals surface area contributed by atoms with Crippen LogP contribution >= 0.6 is 11.6 Å². The Morgan fingerprint density at radius 1 is 1.21 bits per heavy atom. The normalized spacial score (nSPS) is 11.6. The van der Waals surface area contributed by atoms with Gasteiger partial charge in [0.05, 0.1) is 29.0 Å². The van der Waals surface area contributed by atoms with Crippen molar-refractivity contribution in [2.24, 2.45) is 0 Å². The van der Waals surface area contributed by atoms with E-state index in [9.17, 15) is 9.18 Å². The molecule has 1 aromatic heterocycles. The van der Waals surface area contributed by atoms with Crippen LogP contribution in [-0.4, -0.2) is 22.4 Å². The molecule has 0 fully saturated rings. The summed E-state index contributed by atoms with van der Waals surface area (Å²) in [5.41, 5.74) is 3.55. The summed E-state index contributed by atoms with van der Waals surface area (Å²) in [5.74, 6) is 0.307. The van der Waals surface area contributed by atoms with E-state index in [1.807, 2.05) is 32.0 Å². The van der Waals surface area contributed by atoms with Crippen LogP contribution in [0.2, 0.25) is 5.02 Å². The molecular weight excluding hydrogens is 379 g/mol. The van der Waals surface area contributed by atoms with Gasteiger partial charge in [-0.15, -0.1) is 0 Å². The van der Waals surface area contributed by atoms with E-state index in [2.05, 4.69) is 9.97 Å². The first-order chi connectivity index (χ1) is 13.5. The number of ether oxygens (including phenoxy) is 1. The minimum Gasteiger partial charge on any atom is -0.488 e. The number of rotatable bonds is 7. The Morgan fingerprint density at radius 3 is 2.75 bits per heavy atom. The fourth-order valence-corrected chi connectivity index (χ4v) is 3.03. The largest absolute Gasteiger partial charge is 0.488 e. The van der Waals surface area contributed by atoms with E-state index in [1.165, 1.54) is 6.33 Å². The maximum Gasteiger partial charge on any atom is 0.168 e. The SMILES string of the molecule is CCC(=CF)COc1ccc(C(=O)Cc2ncnc3ccc(C)cc23)cc1Cl. The average Bonchev–Trinajstić information content (AvgIpc) is 2.70. The van der Waals surface area contributed by atoms with Gasteiger partial charge in [-0.25, -0.2) is 14.4 Å². The van der Waals surface area contributed by atoms with Crippen LogP contribution in [0.25, 0.3) is 10.9 Å². The molecule has 0 amide bonds. The Labute approximate surface area is 168 Å². The first-order valence-corrected chi connectivity index (χ1v) is 9.33. The molecule has 0 aliphatic rings. The second kappa shape index (κ2) is 8.93. The van der Waals surface area contributed by atoms with Gasteiger partial charge in [-0.3, -0.25) is 4.79 Å². The Bertz CT molecular complexity index is 1050. The molecule has 144 valence electrons. The van der Waals surface area contributed by atoms with Crippen LogP contribution in [0.5, 0.6) is 5.75 Å². The Balaban J connectivity index is 1.78. The predicted octanol–water partition coefficient (Wildman–Crippen LogP) is 5.66. The molecule has 0 N–H and O–H groups in total. The van der Waals surface area contributed by atoms with Crippen molar-refractivity contribution < 1.29 is 13.9 Å². The van der Waals surface area contributed by atoms with Crippen LogP contribution in [0.4, 0.5) is 4.39 Å². The number of benzene rings is 2. The van der Waals surface area contributed by atoms with Crippen LogP contribution in [0, 0.1) is 6.92 Å². The monoisotopic (exact) mass is 398 g/mol. The van der Waals surface area contributed by atoms with Gasteiger partial charge in [0.25, 0.3) is 0 Å². The second-order valence-electron chi connectivity index (χ2n) is 6.50. The maximum absolute atomic E-state index is 12.7. The molecule has 0 bridgehead atoms. The van der Waals surface area contributed by atoms with Gasteiger partial charge >= 0.3 is 0 Å². The van der Waals surface area contributed by atoms with Crippen molar-refractivity contribution in [1.82, 2.24) is 9.97 Å². The molecule has 4 nitrogen and oxygen atoms in total. The summed E-state index contributed by atoms with van der Waals surface area (Å²) in [7, 11) is 0. The van der Waals surface area contributed by atoms with Gasteiger partial charge in [0, 0.05) is 10.9 Å². The third kappa shape index (κ3) is 4.54. The van der Waals surface area contributed by atoms with E-state index in [1.54, 1.807) is 18.2 Å². The van der Waals surface area contributed by atoms with Crippen molar-refractivity contribution in [2.45, 2.75) is 26.7 Å². The highest BCUT2D eigenvalue weighted by Crippen LogP contribution is 2.27. The average molecular weight is 399 g/mol. The summed E-state index contributed by atoms with van der Waals surface area (Å²) in [6.07, 6.45) is 2.70. The summed E-state index contributed by atoms with van der Waals surface area (Å²) in [5, 5.41) is 1.18. The van der Waals surface area contributed by atoms with Crippen LogP contribution in [-0.2, 0) is 6.42 Å². The lowest BCUT2D eigenvalue weighted by Gasteiger charge is -2.10. The van der Waals surface area contributed by atoms with Crippen molar-refractivity contribution in [2.75, 3.05) is 6.61 Å². The molecule has 0 saturated carbocycles. The summed E-state index contributed by atoms with van der Waals surface area (Å²) in [6, 6.07) is 10.7. The molecule has 3 rings (SSSR count). The van der Waals surface area contributed by atoms with E-state index in [0.717, 1.165) is 16.5 Å². The number of aromatic nitrogens is 2. The third-order valence-electron chi connectivity index (χ3n) is 4.48. The van der Waals surface area contributed by atoms with Gasteiger partial charge in [0.15, 0.2) is 5.78 Å². The van der Waals surface area contributed by atoms with Crippen molar-refractivity contribution >= 4 is 28.3 Å². The molecule has 0 atom stereocenters. The van der Waals surface area contributed by atoms with Gasteiger partial charge in [-0.1, -0.05) is 30.2 Å². The van der Waals surface area contributed by atoms with E-state index < -0.39 is 0 Å². The highest BCUT2D eigenvalue weighted by Gasteiger charge is 2.14. The fraction of sp³-hybridized carbons (Fsp3) is 0.227. The highest BCUT2D eigenvalue weighted by atomic mass is 35.5. The minimum atomic E-state index is -0.104. The van der Waals surface area contributed by atoms with Gasteiger partial charge < -0.3 is 4.74 Å². The number of hydrogen-bond acceptors (Lipinski definition) is 4. The fourth-order valence-electron chi connectivity index (χ4n) is 2.79. The molecule has 0 aliphatic carbocycles. The molecular formula is C22H20ClFN2O2. The number of aryl methyl sites for hydroxylation is 1. The maximum atomic E-state index is 12.7. The summed E-state index contributed by atoms with van der Waals surface area (Å²) >= 11 is 6.25. The second-order valence-corrected chi connectivity index (χ2v) is 6.90. The summed E-state index contributed by atoms with van der Waals surface area (Å²) in [6.45, 7) is 3.95. The van der Waals surface area contributed by atoms with Crippen molar-refractivity contribution in [3.8, 4) is 5.75 Å². The lowest BCUT2D eigenvalue weighted by atomic mass is 10.0. The van der Waals surface area contributed by atoms with Crippen LogP contribution in [0.3, 0.4) is 0 Å². The van der Waals surface area contributed by atoms with Crippen molar-refractivity contribution in [3.63, 3.8) is 0 Å². The summed E-state index contributed by atoms with van der Waals surface area (Å²) < 4.78 is 18.2. The number of carbonyl (C=O) groups excluding carboxylic acids is 1. The van der Waals surface area contributed by atoms with E-state index in [4.69, 9.17) is 16.3 Å². The third-order valence-corrected chi connectivity index (χ3v) is 4.77. The Hall–Kier alpha value is -2.79. The van der Waals surface area contributed by atoms with Crippen molar-refractivity contribution in [3.05, 3.63) is 76.5 Å². The zero-order valence-electron chi connectivity index (χ0n) is 15.7. The van der Waals surface area contributed by atoms with Gasteiger partial charge in [0.1, 0.15) is 18.7 Å². The lowest BCUT2D eigenvalue weighted by Crippen LogP contribution is -2.07. The molecule has 6 heteroatoms. The molecule has 0 spiro atoms. The van der Waals surface area contributed by atoms with E-state index in [0.29, 0.717) is 40.4 Å². The lowest BCUT2D eigenvalue weighted by molar-refractivity contribution is 0.0992. The molecule has 1 heterocycles. The first kappa shape index (κ1) is 20.0. The number of carbonyl (C=O) groups is 1. The summed E-state index contributed by atoms with van der Waals surface area (Å²) in [4.78, 5) is 21.3. The molecule has 0 unspecified atom stereocenters. The van der Waals surface area contributed by atoms with E-state index in [-0.39, 0.29) is 18.8 Å². The smallest absolute Gasteiger partial charge is 0.168 e. The molecule has 0 radical (unpaired) electrons. The zero-order valence-corrected chi connectivity index (χ0v) is 16.5. The number of Topliss-reactive ketones (excluding diaryl/α,β-unsaturated/α-hetero) is 1. The zero-order chi connectivity index (χ0) is 20.1. The quantitative estimate of drug-likeness (QED) is 0.482. The van der Waals surface area contributed by atoms with Gasteiger partial charge in [0.2, 0.25) is 0 Å². The standard InChI is InChI=1S/C22H20ClFN2O2/c1-3-15(11-24)12-28-22-7-5-16(9-18(22)23)21(27)10-20-17-8-14(2)4-6-19(17)25-13-26-20/h4-9,11,13H,3,10,12H2,1-2H3.